The van der Waals surface area contributed by atoms with Gasteiger partial charge >= 0.3 is 0 Å². The highest BCUT2D eigenvalue weighted by Gasteiger charge is 2.11. The van der Waals surface area contributed by atoms with Crippen LogP contribution in [-0.2, 0) is 4.74 Å². The molecule has 1 aromatic heterocycles. The third-order valence-corrected chi connectivity index (χ3v) is 5.28. The van der Waals surface area contributed by atoms with Crippen molar-refractivity contribution in [2.45, 2.75) is 0 Å². The van der Waals surface area contributed by atoms with Crippen molar-refractivity contribution in [1.82, 2.24) is 14.9 Å². The molecule has 0 atom stereocenters. The molecule has 0 radical (unpaired) electrons. The van der Waals surface area contributed by atoms with Crippen LogP contribution in [0.1, 0.15) is 11.4 Å². The van der Waals surface area contributed by atoms with Gasteiger partial charge in [0.25, 0.3) is 0 Å². The van der Waals surface area contributed by atoms with Crippen LogP contribution in [0, 0.1) is 0 Å². The molecule has 3 aromatic rings. The first-order chi connectivity index (χ1) is 15.3. The molecule has 0 unspecified atom stereocenters. The van der Waals surface area contributed by atoms with Crippen LogP contribution in [0.4, 0.5) is 5.82 Å². The van der Waals surface area contributed by atoms with Gasteiger partial charge in [-0.1, -0.05) is 24.3 Å². The number of nitrogens with zero attached hydrogens (tertiary/aromatic N) is 3. The Morgan fingerprint density at radius 2 is 1.81 bits per heavy atom. The standard InChI is InChI=1S/C24H28N4O3/c1-29-21-9-7-18(17-22(21)30-2)8-10-23-26-20-6-4-3-5-19(20)24(27-23)25-11-12-28-13-15-31-16-14-28/h3-10,17H,11-16H2,1-2H3,(H,25,26,27)/b10-8+. The molecule has 7 nitrogen and oxygen atoms in total. The molecule has 4 rings (SSSR count). The molecule has 2 heterocycles. The van der Waals surface area contributed by atoms with Gasteiger partial charge in [-0.15, -0.1) is 0 Å². The van der Waals surface area contributed by atoms with Gasteiger partial charge in [0.15, 0.2) is 17.3 Å². The SMILES string of the molecule is COc1ccc(/C=C/c2nc(NCCN3CCOCC3)c3ccccc3n2)cc1OC. The van der Waals surface area contributed by atoms with Crippen LogP contribution in [0.3, 0.4) is 0 Å². The van der Waals surface area contributed by atoms with Crippen molar-refractivity contribution in [2.75, 3.05) is 58.9 Å². The maximum atomic E-state index is 5.42. The van der Waals surface area contributed by atoms with Gasteiger partial charge in [-0.3, -0.25) is 4.90 Å². The van der Waals surface area contributed by atoms with E-state index < -0.39 is 0 Å². The number of rotatable bonds is 8. The molecule has 31 heavy (non-hydrogen) atoms. The molecule has 1 aliphatic heterocycles. The van der Waals surface area contributed by atoms with Crippen molar-refractivity contribution in [3.05, 3.63) is 53.9 Å². The van der Waals surface area contributed by atoms with E-state index >= 15 is 0 Å². The van der Waals surface area contributed by atoms with Crippen LogP contribution in [0.25, 0.3) is 23.1 Å². The van der Waals surface area contributed by atoms with Gasteiger partial charge in [0, 0.05) is 31.6 Å². The number of fused-ring (bicyclic) bond motifs is 1. The van der Waals surface area contributed by atoms with E-state index in [9.17, 15) is 0 Å². The first-order valence-electron chi connectivity index (χ1n) is 10.5. The minimum absolute atomic E-state index is 0.655. The molecule has 0 amide bonds. The van der Waals surface area contributed by atoms with E-state index in [2.05, 4.69) is 10.2 Å². The smallest absolute Gasteiger partial charge is 0.161 e. The molecule has 1 aliphatic rings. The number of anilines is 1. The molecular weight excluding hydrogens is 392 g/mol. The quantitative estimate of drug-likeness (QED) is 0.598. The predicted octanol–water partition coefficient (Wildman–Crippen LogP) is 3.56. The van der Waals surface area contributed by atoms with Crippen molar-refractivity contribution in [3.8, 4) is 11.5 Å². The monoisotopic (exact) mass is 420 g/mol. The van der Waals surface area contributed by atoms with E-state index in [4.69, 9.17) is 24.2 Å². The molecular formula is C24H28N4O3. The van der Waals surface area contributed by atoms with E-state index in [0.29, 0.717) is 17.3 Å². The number of hydrogen-bond acceptors (Lipinski definition) is 7. The van der Waals surface area contributed by atoms with Crippen molar-refractivity contribution in [3.63, 3.8) is 0 Å². The van der Waals surface area contributed by atoms with Crippen molar-refractivity contribution < 1.29 is 14.2 Å². The zero-order chi connectivity index (χ0) is 21.5. The Morgan fingerprint density at radius 1 is 1.00 bits per heavy atom. The van der Waals surface area contributed by atoms with Gasteiger partial charge in [-0.25, -0.2) is 9.97 Å². The molecule has 0 aliphatic carbocycles. The summed E-state index contributed by atoms with van der Waals surface area (Å²) in [7, 11) is 3.26. The molecule has 0 saturated carbocycles. The number of benzene rings is 2. The zero-order valence-electron chi connectivity index (χ0n) is 18.0. The van der Waals surface area contributed by atoms with Gasteiger partial charge in [-0.05, 0) is 35.9 Å². The minimum Gasteiger partial charge on any atom is -0.493 e. The summed E-state index contributed by atoms with van der Waals surface area (Å²) < 4.78 is 16.1. The van der Waals surface area contributed by atoms with Crippen LogP contribution in [0.15, 0.2) is 42.5 Å². The highest BCUT2D eigenvalue weighted by atomic mass is 16.5. The number of methoxy groups -OCH3 is 2. The number of hydrogen-bond donors (Lipinski definition) is 1. The highest BCUT2D eigenvalue weighted by molar-refractivity contribution is 5.90. The Hall–Kier alpha value is -3.16. The molecule has 0 bridgehead atoms. The Morgan fingerprint density at radius 3 is 2.61 bits per heavy atom. The van der Waals surface area contributed by atoms with Gasteiger partial charge in [0.05, 0.1) is 33.0 Å². The first-order valence-corrected chi connectivity index (χ1v) is 10.5. The summed E-state index contributed by atoms with van der Waals surface area (Å²) in [4.78, 5) is 11.9. The Bertz CT molecular complexity index is 1050. The fraction of sp³-hybridized carbons (Fsp3) is 0.333. The fourth-order valence-corrected chi connectivity index (χ4v) is 3.59. The molecule has 7 heteroatoms. The van der Waals surface area contributed by atoms with Crippen LogP contribution in [-0.4, -0.2) is 68.5 Å². The van der Waals surface area contributed by atoms with Crippen LogP contribution in [0.2, 0.25) is 0 Å². The second-order valence-corrected chi connectivity index (χ2v) is 7.28. The predicted molar refractivity (Wildman–Crippen MR) is 124 cm³/mol. The van der Waals surface area contributed by atoms with Crippen molar-refractivity contribution >= 4 is 28.9 Å². The summed E-state index contributed by atoms with van der Waals surface area (Å²) >= 11 is 0. The van der Waals surface area contributed by atoms with E-state index in [0.717, 1.165) is 61.7 Å². The van der Waals surface area contributed by atoms with E-state index in [1.54, 1.807) is 14.2 Å². The van der Waals surface area contributed by atoms with Crippen LogP contribution < -0.4 is 14.8 Å². The van der Waals surface area contributed by atoms with E-state index in [1.807, 2.05) is 54.6 Å². The second kappa shape index (κ2) is 10.2. The first kappa shape index (κ1) is 21.1. The molecule has 162 valence electrons. The molecule has 1 fully saturated rings. The highest BCUT2D eigenvalue weighted by Crippen LogP contribution is 2.28. The average molecular weight is 421 g/mol. The normalized spacial score (nSPS) is 14.8. The molecule has 2 aromatic carbocycles. The minimum atomic E-state index is 0.655. The van der Waals surface area contributed by atoms with Gasteiger partial charge in [-0.2, -0.15) is 0 Å². The summed E-state index contributed by atoms with van der Waals surface area (Å²) in [6.45, 7) is 5.35. The summed E-state index contributed by atoms with van der Waals surface area (Å²) in [5.74, 6) is 2.90. The second-order valence-electron chi connectivity index (χ2n) is 7.28. The lowest BCUT2D eigenvalue weighted by Crippen LogP contribution is -2.39. The lowest BCUT2D eigenvalue weighted by molar-refractivity contribution is 0.0398. The Labute approximate surface area is 182 Å². The third kappa shape index (κ3) is 5.31. The number of nitrogens with one attached hydrogen (secondary N) is 1. The number of ether oxygens (including phenoxy) is 3. The number of aromatic nitrogens is 2. The van der Waals surface area contributed by atoms with Crippen molar-refractivity contribution in [1.29, 1.82) is 0 Å². The molecule has 1 saturated heterocycles. The van der Waals surface area contributed by atoms with E-state index in [1.165, 1.54) is 0 Å². The lowest BCUT2D eigenvalue weighted by Gasteiger charge is -2.26. The van der Waals surface area contributed by atoms with Crippen molar-refractivity contribution in [2.24, 2.45) is 0 Å². The number of para-hydroxylation sites is 1. The average Bonchev–Trinajstić information content (AvgIpc) is 2.83. The summed E-state index contributed by atoms with van der Waals surface area (Å²) in [5.41, 5.74) is 1.90. The number of morpholine rings is 1. The Kier molecular flexibility index (Phi) is 6.96. The van der Waals surface area contributed by atoms with Crippen LogP contribution in [0.5, 0.6) is 11.5 Å². The topological polar surface area (TPSA) is 68.7 Å². The largest absolute Gasteiger partial charge is 0.493 e. The fourth-order valence-electron chi connectivity index (χ4n) is 3.59. The summed E-state index contributed by atoms with van der Waals surface area (Å²) in [5, 5.41) is 4.52. The lowest BCUT2D eigenvalue weighted by atomic mass is 10.2. The molecule has 1 N–H and O–H groups in total. The maximum absolute atomic E-state index is 5.42. The summed E-state index contributed by atoms with van der Waals surface area (Å²) in [6.07, 6.45) is 3.89. The Balaban J connectivity index is 1.53. The summed E-state index contributed by atoms with van der Waals surface area (Å²) in [6, 6.07) is 13.9. The van der Waals surface area contributed by atoms with Crippen LogP contribution >= 0.6 is 0 Å². The van der Waals surface area contributed by atoms with E-state index in [-0.39, 0.29) is 0 Å². The maximum Gasteiger partial charge on any atom is 0.161 e. The van der Waals surface area contributed by atoms with Gasteiger partial charge in [0.1, 0.15) is 5.82 Å². The van der Waals surface area contributed by atoms with Gasteiger partial charge in [0.2, 0.25) is 0 Å². The zero-order valence-corrected chi connectivity index (χ0v) is 18.0. The third-order valence-electron chi connectivity index (χ3n) is 5.28. The molecule has 0 spiro atoms. The van der Waals surface area contributed by atoms with Gasteiger partial charge < -0.3 is 19.5 Å².